The molecular formula is C16H31F3N2. The highest BCUT2D eigenvalue weighted by Crippen LogP contribution is 2.37. The number of halogens is 3. The number of alkyl halides is 3. The van der Waals surface area contributed by atoms with Crippen molar-refractivity contribution in [2.24, 2.45) is 5.92 Å². The Balaban J connectivity index is 2.26. The van der Waals surface area contributed by atoms with Gasteiger partial charge in [0.1, 0.15) is 0 Å². The summed E-state index contributed by atoms with van der Waals surface area (Å²) >= 11 is 0. The van der Waals surface area contributed by atoms with E-state index in [1.165, 1.54) is 0 Å². The second-order valence-electron chi connectivity index (χ2n) is 6.34. The average Bonchev–Trinajstić information content (AvgIpc) is 2.43. The molecule has 126 valence electrons. The fourth-order valence-corrected chi connectivity index (χ4v) is 3.29. The fourth-order valence-electron chi connectivity index (χ4n) is 3.29. The number of rotatable bonds is 8. The van der Waals surface area contributed by atoms with E-state index in [2.05, 4.69) is 31.0 Å². The van der Waals surface area contributed by atoms with Gasteiger partial charge in [-0.25, -0.2) is 0 Å². The molecule has 1 fully saturated rings. The van der Waals surface area contributed by atoms with Crippen molar-refractivity contribution < 1.29 is 13.2 Å². The van der Waals surface area contributed by atoms with E-state index >= 15 is 0 Å². The lowest BCUT2D eigenvalue weighted by molar-refractivity contribution is -0.183. The highest BCUT2D eigenvalue weighted by Gasteiger charge is 2.42. The molecule has 0 bridgehead atoms. The summed E-state index contributed by atoms with van der Waals surface area (Å²) < 4.78 is 38.4. The Morgan fingerprint density at radius 3 is 2.43 bits per heavy atom. The summed E-state index contributed by atoms with van der Waals surface area (Å²) in [5.41, 5.74) is 0. The summed E-state index contributed by atoms with van der Waals surface area (Å²) in [6.07, 6.45) is 0.240. The quantitative estimate of drug-likeness (QED) is 0.722. The predicted molar refractivity (Wildman–Crippen MR) is 81.4 cm³/mol. The minimum absolute atomic E-state index is 0.0360. The van der Waals surface area contributed by atoms with Crippen LogP contribution in [0.4, 0.5) is 13.2 Å². The van der Waals surface area contributed by atoms with E-state index in [0.29, 0.717) is 18.9 Å². The first kappa shape index (κ1) is 18.8. The molecule has 3 atom stereocenters. The van der Waals surface area contributed by atoms with Gasteiger partial charge in [0.15, 0.2) is 0 Å². The van der Waals surface area contributed by atoms with Crippen molar-refractivity contribution in [3.63, 3.8) is 0 Å². The lowest BCUT2D eigenvalue weighted by Gasteiger charge is -2.33. The first-order valence-electron chi connectivity index (χ1n) is 8.41. The van der Waals surface area contributed by atoms with Crippen molar-refractivity contribution in [3.8, 4) is 0 Å². The molecule has 0 heterocycles. The van der Waals surface area contributed by atoms with E-state index in [1.54, 1.807) is 0 Å². The van der Waals surface area contributed by atoms with Crippen molar-refractivity contribution in [3.05, 3.63) is 0 Å². The van der Waals surface area contributed by atoms with Crippen LogP contribution in [0.5, 0.6) is 0 Å². The van der Waals surface area contributed by atoms with Gasteiger partial charge < -0.3 is 10.2 Å². The molecule has 1 rings (SSSR count). The minimum atomic E-state index is -4.02. The molecule has 21 heavy (non-hydrogen) atoms. The van der Waals surface area contributed by atoms with Gasteiger partial charge in [-0.1, -0.05) is 20.3 Å². The van der Waals surface area contributed by atoms with Crippen LogP contribution >= 0.6 is 0 Å². The van der Waals surface area contributed by atoms with E-state index in [-0.39, 0.29) is 12.5 Å². The maximum Gasteiger partial charge on any atom is 0.391 e. The number of hydrogen-bond acceptors (Lipinski definition) is 2. The molecule has 0 spiro atoms. The molecule has 0 saturated heterocycles. The van der Waals surface area contributed by atoms with E-state index < -0.39 is 12.1 Å². The van der Waals surface area contributed by atoms with Gasteiger partial charge in [0.05, 0.1) is 5.92 Å². The van der Waals surface area contributed by atoms with Crippen molar-refractivity contribution >= 4 is 0 Å². The van der Waals surface area contributed by atoms with Crippen LogP contribution < -0.4 is 5.32 Å². The molecule has 2 nitrogen and oxygen atoms in total. The molecule has 1 aliphatic carbocycles. The summed E-state index contributed by atoms with van der Waals surface area (Å²) in [6.45, 7) is 9.62. The van der Waals surface area contributed by atoms with Crippen molar-refractivity contribution in [1.82, 2.24) is 10.2 Å². The van der Waals surface area contributed by atoms with Gasteiger partial charge in [-0.05, 0) is 58.7 Å². The normalized spacial score (nSPS) is 25.3. The zero-order valence-electron chi connectivity index (χ0n) is 13.7. The van der Waals surface area contributed by atoms with Crippen LogP contribution in [0, 0.1) is 5.92 Å². The van der Waals surface area contributed by atoms with E-state index in [1.807, 2.05) is 0 Å². The molecule has 0 radical (unpaired) electrons. The molecule has 0 aromatic heterocycles. The third-order valence-corrected chi connectivity index (χ3v) is 4.66. The Kier molecular flexibility index (Phi) is 8.03. The summed E-state index contributed by atoms with van der Waals surface area (Å²) in [5, 5.41) is 3.41. The molecule has 1 N–H and O–H groups in total. The van der Waals surface area contributed by atoms with E-state index in [9.17, 15) is 13.2 Å². The molecule has 0 amide bonds. The van der Waals surface area contributed by atoms with Crippen molar-refractivity contribution in [2.75, 3.05) is 19.6 Å². The Bertz CT molecular complexity index is 277. The standard InChI is InChI=1S/C16H31F3N2/c1-4-21(5-2)11-7-8-13(3)20-15-10-6-9-14(12-15)16(17,18)19/h13-15,20H,4-12H2,1-3H3. The summed E-state index contributed by atoms with van der Waals surface area (Å²) in [4.78, 5) is 2.38. The molecule has 1 saturated carbocycles. The number of nitrogens with zero attached hydrogens (tertiary/aromatic N) is 1. The average molecular weight is 308 g/mol. The van der Waals surface area contributed by atoms with Crippen LogP contribution in [0.2, 0.25) is 0 Å². The third-order valence-electron chi connectivity index (χ3n) is 4.66. The van der Waals surface area contributed by atoms with E-state index in [4.69, 9.17) is 0 Å². The van der Waals surface area contributed by atoms with Gasteiger partial charge in [-0.2, -0.15) is 13.2 Å². The smallest absolute Gasteiger partial charge is 0.311 e. The maximum atomic E-state index is 12.8. The molecule has 0 aliphatic heterocycles. The largest absolute Gasteiger partial charge is 0.391 e. The lowest BCUT2D eigenvalue weighted by atomic mass is 9.85. The van der Waals surface area contributed by atoms with Gasteiger partial charge in [-0.15, -0.1) is 0 Å². The Hall–Kier alpha value is -0.290. The van der Waals surface area contributed by atoms with Gasteiger partial charge in [0, 0.05) is 12.1 Å². The predicted octanol–water partition coefficient (Wildman–Crippen LogP) is 4.21. The molecule has 0 aromatic rings. The van der Waals surface area contributed by atoms with E-state index in [0.717, 1.165) is 38.9 Å². The second-order valence-corrected chi connectivity index (χ2v) is 6.34. The molecule has 3 unspecified atom stereocenters. The second kappa shape index (κ2) is 8.99. The highest BCUT2D eigenvalue weighted by atomic mass is 19.4. The Morgan fingerprint density at radius 1 is 1.19 bits per heavy atom. The van der Waals surface area contributed by atoms with Crippen LogP contribution in [-0.4, -0.2) is 42.8 Å². The first-order chi connectivity index (χ1) is 9.86. The molecule has 5 heteroatoms. The van der Waals surface area contributed by atoms with Crippen LogP contribution in [-0.2, 0) is 0 Å². The first-order valence-corrected chi connectivity index (χ1v) is 8.41. The van der Waals surface area contributed by atoms with Crippen LogP contribution in [0.25, 0.3) is 0 Å². The molecule has 0 aromatic carbocycles. The number of nitrogens with one attached hydrogen (secondary N) is 1. The maximum absolute atomic E-state index is 12.8. The molecule has 1 aliphatic rings. The number of hydrogen-bond donors (Lipinski definition) is 1. The topological polar surface area (TPSA) is 15.3 Å². The SMILES string of the molecule is CCN(CC)CCCC(C)NC1CCCC(C(F)(F)F)C1. The van der Waals surface area contributed by atoms with Crippen molar-refractivity contribution in [2.45, 2.75) is 77.6 Å². The Labute approximate surface area is 127 Å². The summed E-state index contributed by atoms with van der Waals surface area (Å²) in [6, 6.07) is 0.339. The highest BCUT2D eigenvalue weighted by molar-refractivity contribution is 4.83. The zero-order chi connectivity index (χ0) is 15.9. The van der Waals surface area contributed by atoms with Crippen LogP contribution in [0.3, 0.4) is 0 Å². The Morgan fingerprint density at radius 2 is 1.86 bits per heavy atom. The lowest BCUT2D eigenvalue weighted by Crippen LogP contribution is -2.42. The summed E-state index contributed by atoms with van der Waals surface area (Å²) in [5.74, 6) is -1.10. The van der Waals surface area contributed by atoms with Gasteiger partial charge >= 0.3 is 6.18 Å². The summed E-state index contributed by atoms with van der Waals surface area (Å²) in [7, 11) is 0. The van der Waals surface area contributed by atoms with Crippen LogP contribution in [0.1, 0.15) is 59.3 Å². The van der Waals surface area contributed by atoms with Gasteiger partial charge in [-0.3, -0.25) is 0 Å². The zero-order valence-corrected chi connectivity index (χ0v) is 13.7. The monoisotopic (exact) mass is 308 g/mol. The van der Waals surface area contributed by atoms with Gasteiger partial charge in [0.2, 0.25) is 0 Å². The van der Waals surface area contributed by atoms with Gasteiger partial charge in [0.25, 0.3) is 0 Å². The minimum Gasteiger partial charge on any atom is -0.311 e. The molecular weight excluding hydrogens is 277 g/mol. The third kappa shape index (κ3) is 7.00. The van der Waals surface area contributed by atoms with Crippen LogP contribution in [0.15, 0.2) is 0 Å². The van der Waals surface area contributed by atoms with Crippen molar-refractivity contribution in [1.29, 1.82) is 0 Å². The fraction of sp³-hybridized carbons (Fsp3) is 1.00.